The van der Waals surface area contributed by atoms with Crippen molar-refractivity contribution < 1.29 is 9.53 Å². The summed E-state index contributed by atoms with van der Waals surface area (Å²) in [6, 6.07) is 14.2. The molecular weight excluding hydrogens is 438 g/mol. The molecule has 2 N–H and O–H groups in total. The molecule has 0 aliphatic heterocycles. The molecule has 0 unspecified atom stereocenters. The summed E-state index contributed by atoms with van der Waals surface area (Å²) in [4.78, 5) is 31.9. The lowest BCUT2D eigenvalue weighted by molar-refractivity contribution is -0.113. The second-order valence-electron chi connectivity index (χ2n) is 6.44. The summed E-state index contributed by atoms with van der Waals surface area (Å²) in [7, 11) is 0. The van der Waals surface area contributed by atoms with E-state index in [9.17, 15) is 9.59 Å². The number of hydrogen-bond acceptors (Lipinski definition) is 6. The number of carbonyl (C=O) groups excluding carboxylic acids is 1. The Morgan fingerprint density at radius 1 is 1.26 bits per heavy atom. The number of nitrogens with one attached hydrogen (secondary N) is 2. The first-order chi connectivity index (χ1) is 15.0. The van der Waals surface area contributed by atoms with Gasteiger partial charge in [0, 0.05) is 10.7 Å². The van der Waals surface area contributed by atoms with Crippen molar-refractivity contribution in [3.05, 3.63) is 70.1 Å². The highest BCUT2D eigenvalue weighted by atomic mass is 35.5. The minimum Gasteiger partial charge on any atom is -0.494 e. The summed E-state index contributed by atoms with van der Waals surface area (Å²) in [6.07, 6.45) is 1.45. The fourth-order valence-corrected chi connectivity index (χ4v) is 3.74. The molecule has 0 aliphatic carbocycles. The maximum absolute atomic E-state index is 12.4. The van der Waals surface area contributed by atoms with Crippen LogP contribution in [-0.2, 0) is 4.79 Å². The highest BCUT2D eigenvalue weighted by Crippen LogP contribution is 2.21. The summed E-state index contributed by atoms with van der Waals surface area (Å²) in [5.74, 6) is 0.592. The molecule has 0 saturated heterocycles. The smallest absolute Gasteiger partial charge is 0.262 e. The molecule has 0 saturated carbocycles. The van der Waals surface area contributed by atoms with Crippen LogP contribution in [0.4, 0.5) is 5.69 Å². The van der Waals surface area contributed by atoms with Gasteiger partial charge in [-0.05, 0) is 49.4 Å². The van der Waals surface area contributed by atoms with Gasteiger partial charge in [-0.3, -0.25) is 9.59 Å². The first-order valence-corrected chi connectivity index (χ1v) is 10.8. The lowest BCUT2D eigenvalue weighted by atomic mass is 10.3. The van der Waals surface area contributed by atoms with Gasteiger partial charge in [0.15, 0.2) is 10.8 Å². The van der Waals surface area contributed by atoms with E-state index in [2.05, 4.69) is 20.4 Å². The summed E-state index contributed by atoms with van der Waals surface area (Å²) >= 11 is 7.19. The largest absolute Gasteiger partial charge is 0.494 e. The van der Waals surface area contributed by atoms with E-state index >= 15 is 0 Å². The third-order valence-electron chi connectivity index (χ3n) is 4.26. The molecule has 4 aromatic rings. The van der Waals surface area contributed by atoms with Crippen LogP contribution >= 0.6 is 23.4 Å². The number of H-pyrrole nitrogens is 1. The lowest BCUT2D eigenvalue weighted by Crippen LogP contribution is -2.15. The Labute approximate surface area is 186 Å². The molecule has 0 fully saturated rings. The molecule has 10 heteroatoms. The number of aromatic nitrogens is 4. The predicted molar refractivity (Wildman–Crippen MR) is 121 cm³/mol. The Kier molecular flexibility index (Phi) is 6.24. The normalized spacial score (nSPS) is 10.9. The zero-order chi connectivity index (χ0) is 21.8. The zero-order valence-corrected chi connectivity index (χ0v) is 18.0. The molecule has 0 spiro atoms. The molecule has 0 atom stereocenters. The third-order valence-corrected chi connectivity index (χ3v) is 5.37. The number of nitrogens with zero attached hydrogens (tertiary/aromatic N) is 3. The van der Waals surface area contributed by atoms with Crippen molar-refractivity contribution in [2.24, 2.45) is 0 Å². The Morgan fingerprint density at radius 3 is 2.81 bits per heavy atom. The van der Waals surface area contributed by atoms with Crippen molar-refractivity contribution >= 4 is 46.0 Å². The number of amides is 1. The van der Waals surface area contributed by atoms with Gasteiger partial charge in [-0.25, -0.2) is 9.67 Å². The van der Waals surface area contributed by atoms with Crippen molar-refractivity contribution in [2.45, 2.75) is 12.1 Å². The summed E-state index contributed by atoms with van der Waals surface area (Å²) in [6.45, 7) is 2.48. The van der Waals surface area contributed by atoms with Crippen LogP contribution in [0.2, 0.25) is 5.02 Å². The van der Waals surface area contributed by atoms with E-state index < -0.39 is 0 Å². The van der Waals surface area contributed by atoms with Gasteiger partial charge in [0.05, 0.1) is 24.2 Å². The van der Waals surface area contributed by atoms with E-state index in [0.717, 1.165) is 17.5 Å². The number of carbonyl (C=O) groups is 1. The van der Waals surface area contributed by atoms with Crippen LogP contribution in [0.1, 0.15) is 6.92 Å². The molecule has 158 valence electrons. The lowest BCUT2D eigenvalue weighted by Gasteiger charge is -2.07. The standard InChI is InChI=1S/C21H18ClN5O3S/c1-2-30-16-8-6-14(7-9-16)24-18(28)12-31-21-25-19-17(20(29)26-21)11-23-27(19)15-5-3-4-13(22)10-15/h3-11H,2,12H2,1H3,(H,24,28)(H,25,26,29). The molecule has 31 heavy (non-hydrogen) atoms. The van der Waals surface area contributed by atoms with Crippen LogP contribution in [0.15, 0.2) is 64.7 Å². The van der Waals surface area contributed by atoms with Crippen LogP contribution in [-0.4, -0.2) is 38.0 Å². The minimum absolute atomic E-state index is 0.0763. The van der Waals surface area contributed by atoms with E-state index in [1.54, 1.807) is 47.1 Å². The number of hydrogen-bond donors (Lipinski definition) is 2. The van der Waals surface area contributed by atoms with Gasteiger partial charge in [0.1, 0.15) is 11.1 Å². The van der Waals surface area contributed by atoms with Crippen LogP contribution in [0, 0.1) is 0 Å². The molecule has 2 aromatic carbocycles. The van der Waals surface area contributed by atoms with Crippen LogP contribution in [0.5, 0.6) is 5.75 Å². The molecule has 4 rings (SSSR count). The average Bonchev–Trinajstić information content (AvgIpc) is 3.18. The average molecular weight is 456 g/mol. The molecule has 2 heterocycles. The number of fused-ring (bicyclic) bond motifs is 1. The van der Waals surface area contributed by atoms with Gasteiger partial charge in [-0.1, -0.05) is 29.4 Å². The number of ether oxygens (including phenoxy) is 1. The van der Waals surface area contributed by atoms with Crippen molar-refractivity contribution in [1.29, 1.82) is 0 Å². The third kappa shape index (κ3) is 4.89. The first-order valence-electron chi connectivity index (χ1n) is 9.43. The van der Waals surface area contributed by atoms with Crippen molar-refractivity contribution in [2.75, 3.05) is 17.7 Å². The number of aromatic amines is 1. The Hall–Kier alpha value is -3.30. The fourth-order valence-electron chi connectivity index (χ4n) is 2.90. The van der Waals surface area contributed by atoms with Gasteiger partial charge >= 0.3 is 0 Å². The Balaban J connectivity index is 1.49. The topological polar surface area (TPSA) is 102 Å². The van der Waals surface area contributed by atoms with E-state index in [-0.39, 0.29) is 17.2 Å². The molecule has 0 aliphatic rings. The minimum atomic E-state index is -0.326. The van der Waals surface area contributed by atoms with Crippen molar-refractivity contribution in [1.82, 2.24) is 19.7 Å². The SMILES string of the molecule is CCOc1ccc(NC(=O)CSc2nc3c(cnn3-c3cccc(Cl)c3)c(=O)[nH]2)cc1. The quantitative estimate of drug-likeness (QED) is 0.324. The maximum Gasteiger partial charge on any atom is 0.262 e. The first kappa shape index (κ1) is 21.0. The predicted octanol–water partition coefficient (Wildman–Crippen LogP) is 3.89. The number of benzene rings is 2. The highest BCUT2D eigenvalue weighted by molar-refractivity contribution is 7.99. The highest BCUT2D eigenvalue weighted by Gasteiger charge is 2.13. The summed E-state index contributed by atoms with van der Waals surface area (Å²) in [5.41, 5.74) is 1.41. The van der Waals surface area contributed by atoms with Gasteiger partial charge in [0.2, 0.25) is 5.91 Å². The Bertz CT molecular complexity index is 1290. The van der Waals surface area contributed by atoms with Crippen molar-refractivity contribution in [3.63, 3.8) is 0 Å². The molecule has 8 nitrogen and oxygen atoms in total. The van der Waals surface area contributed by atoms with Gasteiger partial charge in [-0.15, -0.1) is 0 Å². The number of halogens is 1. The molecule has 1 amide bonds. The second-order valence-corrected chi connectivity index (χ2v) is 7.84. The summed E-state index contributed by atoms with van der Waals surface area (Å²) in [5, 5.41) is 8.28. The van der Waals surface area contributed by atoms with E-state index in [1.165, 1.54) is 6.20 Å². The van der Waals surface area contributed by atoms with Gasteiger partial charge < -0.3 is 15.0 Å². The Morgan fingerprint density at radius 2 is 2.06 bits per heavy atom. The molecule has 2 aromatic heterocycles. The van der Waals surface area contributed by atoms with E-state index in [0.29, 0.717) is 39.2 Å². The van der Waals surface area contributed by atoms with E-state index in [4.69, 9.17) is 16.3 Å². The van der Waals surface area contributed by atoms with E-state index in [1.807, 2.05) is 13.0 Å². The van der Waals surface area contributed by atoms with Crippen LogP contribution in [0.3, 0.4) is 0 Å². The zero-order valence-electron chi connectivity index (χ0n) is 16.5. The van der Waals surface area contributed by atoms with Crippen molar-refractivity contribution in [3.8, 4) is 11.4 Å². The second kappa shape index (κ2) is 9.23. The number of anilines is 1. The molecular formula is C21H18ClN5O3S. The number of rotatable bonds is 7. The fraction of sp³-hybridized carbons (Fsp3) is 0.143. The maximum atomic E-state index is 12.4. The molecule has 0 bridgehead atoms. The number of thioether (sulfide) groups is 1. The van der Waals surface area contributed by atoms with Gasteiger partial charge in [0.25, 0.3) is 5.56 Å². The van der Waals surface area contributed by atoms with Crippen LogP contribution < -0.4 is 15.6 Å². The van der Waals surface area contributed by atoms with Crippen LogP contribution in [0.25, 0.3) is 16.7 Å². The van der Waals surface area contributed by atoms with Gasteiger partial charge in [-0.2, -0.15) is 5.10 Å². The molecule has 0 radical (unpaired) electrons. The summed E-state index contributed by atoms with van der Waals surface area (Å²) < 4.78 is 6.93. The monoisotopic (exact) mass is 455 g/mol.